The van der Waals surface area contributed by atoms with E-state index in [1.54, 1.807) is 0 Å². The molecule has 0 saturated heterocycles. The highest BCUT2D eigenvalue weighted by molar-refractivity contribution is 14.1. The van der Waals surface area contributed by atoms with Gasteiger partial charge in [-0.05, 0) is 34.0 Å². The predicted molar refractivity (Wildman–Crippen MR) is 54.5 cm³/mol. The number of hydrogen-bond acceptors (Lipinski definition) is 1. The molecule has 0 amide bonds. The smallest absolute Gasteiger partial charge is 0.109 e. The Morgan fingerprint density at radius 1 is 1.09 bits per heavy atom. The second kappa shape index (κ2) is 2.77. The topological polar surface area (TPSA) is 12.9 Å². The van der Waals surface area contributed by atoms with Gasteiger partial charge in [0.2, 0.25) is 0 Å². The fourth-order valence-corrected chi connectivity index (χ4v) is 1.73. The highest BCUT2D eigenvalue weighted by Crippen LogP contribution is 2.16. The molecule has 0 unspecified atom stereocenters. The van der Waals surface area contributed by atoms with E-state index in [0.29, 0.717) is 0 Å². The Morgan fingerprint density at radius 2 is 1.91 bits per heavy atom. The normalized spacial score (nSPS) is 10.3. The highest BCUT2D eigenvalue weighted by Gasteiger charge is 1.94. The summed E-state index contributed by atoms with van der Waals surface area (Å²) in [6, 6.07) is 10.3. The van der Waals surface area contributed by atoms with Crippen molar-refractivity contribution in [3.8, 4) is 0 Å². The van der Waals surface area contributed by atoms with Gasteiger partial charge in [0.05, 0.1) is 0 Å². The van der Waals surface area contributed by atoms with Crippen LogP contribution < -0.4 is 0 Å². The van der Waals surface area contributed by atoms with E-state index in [2.05, 4.69) is 39.7 Å². The molecule has 54 valence electrons. The van der Waals surface area contributed by atoms with Gasteiger partial charge in [-0.25, -0.2) is 4.98 Å². The summed E-state index contributed by atoms with van der Waals surface area (Å²) in [6.45, 7) is 0. The van der Waals surface area contributed by atoms with Crippen LogP contribution in [0.15, 0.2) is 36.5 Å². The number of pyridine rings is 1. The van der Waals surface area contributed by atoms with Gasteiger partial charge in [0.15, 0.2) is 0 Å². The van der Waals surface area contributed by atoms with Crippen molar-refractivity contribution in [3.05, 3.63) is 40.2 Å². The maximum atomic E-state index is 4.19. The molecule has 2 heteroatoms. The number of fused-ring (bicyclic) bond motifs is 1. The molecular weight excluding hydrogens is 249 g/mol. The van der Waals surface area contributed by atoms with Crippen molar-refractivity contribution in [2.24, 2.45) is 0 Å². The number of halogens is 1. The predicted octanol–water partition coefficient (Wildman–Crippen LogP) is 2.84. The molecule has 0 bridgehead atoms. The van der Waals surface area contributed by atoms with Crippen LogP contribution in [0.5, 0.6) is 0 Å². The lowest BCUT2D eigenvalue weighted by Gasteiger charge is -1.96. The number of benzene rings is 1. The van der Waals surface area contributed by atoms with Crippen LogP contribution in [-0.2, 0) is 0 Å². The van der Waals surface area contributed by atoms with E-state index in [4.69, 9.17) is 0 Å². The number of nitrogens with zero attached hydrogens (tertiary/aromatic N) is 1. The van der Waals surface area contributed by atoms with Crippen LogP contribution >= 0.6 is 22.6 Å². The van der Waals surface area contributed by atoms with Gasteiger partial charge in [0.25, 0.3) is 0 Å². The molecule has 0 aliphatic heterocycles. The van der Waals surface area contributed by atoms with E-state index < -0.39 is 0 Å². The summed E-state index contributed by atoms with van der Waals surface area (Å²) in [4.78, 5) is 4.19. The summed E-state index contributed by atoms with van der Waals surface area (Å²) in [6.07, 6.45) is 1.84. The van der Waals surface area contributed by atoms with Crippen LogP contribution in [0.3, 0.4) is 0 Å². The average Bonchev–Trinajstić information content (AvgIpc) is 2.06. The fourth-order valence-electron chi connectivity index (χ4n) is 1.08. The molecule has 0 atom stereocenters. The number of aromatic nitrogens is 1. The fraction of sp³-hybridized carbons (Fsp3) is 0. The molecule has 0 fully saturated rings. The molecular formula is C9H6IN. The van der Waals surface area contributed by atoms with Gasteiger partial charge in [-0.1, -0.05) is 24.3 Å². The van der Waals surface area contributed by atoms with Crippen molar-refractivity contribution in [1.29, 1.82) is 0 Å². The summed E-state index contributed by atoms with van der Waals surface area (Å²) < 4.78 is 1.07. The lowest BCUT2D eigenvalue weighted by Crippen LogP contribution is -1.80. The van der Waals surface area contributed by atoms with Crippen molar-refractivity contribution >= 4 is 33.4 Å². The molecule has 0 saturated carbocycles. The maximum absolute atomic E-state index is 4.19. The Kier molecular flexibility index (Phi) is 1.77. The molecule has 2 aromatic rings. The van der Waals surface area contributed by atoms with E-state index in [9.17, 15) is 0 Å². The molecule has 1 nitrogen and oxygen atoms in total. The van der Waals surface area contributed by atoms with E-state index in [1.807, 2.05) is 24.4 Å². The monoisotopic (exact) mass is 255 g/mol. The molecule has 1 aromatic heterocycles. The van der Waals surface area contributed by atoms with Gasteiger partial charge < -0.3 is 0 Å². The van der Waals surface area contributed by atoms with E-state index in [1.165, 1.54) is 10.8 Å². The molecule has 11 heavy (non-hydrogen) atoms. The summed E-state index contributed by atoms with van der Waals surface area (Å²) in [5.41, 5.74) is 0. The van der Waals surface area contributed by atoms with Crippen LogP contribution in [0.2, 0.25) is 0 Å². The van der Waals surface area contributed by atoms with E-state index in [0.717, 1.165) is 3.70 Å². The largest absolute Gasteiger partial charge is 0.250 e. The van der Waals surface area contributed by atoms with Crippen molar-refractivity contribution in [2.75, 3.05) is 0 Å². The van der Waals surface area contributed by atoms with Crippen molar-refractivity contribution < 1.29 is 0 Å². The number of rotatable bonds is 0. The zero-order valence-electron chi connectivity index (χ0n) is 5.79. The van der Waals surface area contributed by atoms with Crippen LogP contribution in [0.4, 0.5) is 0 Å². The Balaban J connectivity index is 2.91. The minimum Gasteiger partial charge on any atom is -0.250 e. The van der Waals surface area contributed by atoms with Gasteiger partial charge in [-0.15, -0.1) is 0 Å². The Bertz CT molecular complexity index is 379. The summed E-state index contributed by atoms with van der Waals surface area (Å²) in [5.74, 6) is 0. The molecule has 0 aliphatic rings. The third kappa shape index (κ3) is 1.22. The van der Waals surface area contributed by atoms with Gasteiger partial charge >= 0.3 is 0 Å². The summed E-state index contributed by atoms with van der Waals surface area (Å²) in [5, 5.41) is 2.49. The third-order valence-electron chi connectivity index (χ3n) is 1.63. The van der Waals surface area contributed by atoms with Gasteiger partial charge in [0.1, 0.15) is 3.70 Å². The molecule has 0 N–H and O–H groups in total. The van der Waals surface area contributed by atoms with E-state index in [-0.39, 0.29) is 0 Å². The lowest BCUT2D eigenvalue weighted by atomic mass is 10.2. The second-order valence-electron chi connectivity index (χ2n) is 2.32. The first kappa shape index (κ1) is 7.03. The average molecular weight is 255 g/mol. The quantitative estimate of drug-likeness (QED) is 0.521. The van der Waals surface area contributed by atoms with Crippen molar-refractivity contribution in [1.82, 2.24) is 4.98 Å². The van der Waals surface area contributed by atoms with Gasteiger partial charge in [-0.3, -0.25) is 0 Å². The first-order valence-corrected chi connectivity index (χ1v) is 4.45. The van der Waals surface area contributed by atoms with E-state index >= 15 is 0 Å². The standard InChI is InChI=1S/C9H6IN/c10-9-8-4-2-1-3-7(8)5-6-11-9/h1-6H. The zero-order valence-corrected chi connectivity index (χ0v) is 7.95. The van der Waals surface area contributed by atoms with Crippen molar-refractivity contribution in [2.45, 2.75) is 0 Å². The lowest BCUT2D eigenvalue weighted by molar-refractivity contribution is 1.31. The van der Waals surface area contributed by atoms with Gasteiger partial charge in [0, 0.05) is 11.6 Å². The maximum Gasteiger partial charge on any atom is 0.109 e. The molecule has 0 radical (unpaired) electrons. The molecule has 1 aromatic carbocycles. The van der Waals surface area contributed by atoms with Crippen LogP contribution in [0.25, 0.3) is 10.8 Å². The minimum atomic E-state index is 1.07. The Morgan fingerprint density at radius 3 is 2.73 bits per heavy atom. The Labute approximate surface area is 78.6 Å². The molecule has 0 aliphatic carbocycles. The molecule has 2 rings (SSSR count). The SMILES string of the molecule is Ic1nccc2ccccc12. The third-order valence-corrected chi connectivity index (χ3v) is 2.48. The molecule has 0 spiro atoms. The summed E-state index contributed by atoms with van der Waals surface area (Å²) in [7, 11) is 0. The minimum absolute atomic E-state index is 1.07. The first-order valence-electron chi connectivity index (χ1n) is 3.37. The second-order valence-corrected chi connectivity index (χ2v) is 3.34. The van der Waals surface area contributed by atoms with Crippen LogP contribution in [0, 0.1) is 3.70 Å². The number of hydrogen-bond donors (Lipinski definition) is 0. The highest BCUT2D eigenvalue weighted by atomic mass is 127. The van der Waals surface area contributed by atoms with Crippen LogP contribution in [-0.4, -0.2) is 4.98 Å². The molecule has 1 heterocycles. The zero-order chi connectivity index (χ0) is 7.68. The Hall–Kier alpha value is -0.640. The summed E-state index contributed by atoms with van der Waals surface area (Å²) >= 11 is 2.25. The first-order chi connectivity index (χ1) is 5.38. The van der Waals surface area contributed by atoms with Crippen LogP contribution in [0.1, 0.15) is 0 Å². The van der Waals surface area contributed by atoms with Gasteiger partial charge in [-0.2, -0.15) is 0 Å². The van der Waals surface area contributed by atoms with Crippen molar-refractivity contribution in [3.63, 3.8) is 0 Å².